The number of aromatic nitrogens is 1. The Kier molecular flexibility index (Phi) is 3.96. The molecule has 0 bridgehead atoms. The van der Waals surface area contributed by atoms with E-state index in [-0.39, 0.29) is 0 Å². The second-order valence-corrected chi connectivity index (χ2v) is 6.01. The van der Waals surface area contributed by atoms with Gasteiger partial charge in [-0.05, 0) is 50.5 Å². The molecule has 3 rings (SSSR count). The molecule has 1 aromatic heterocycles. The molecule has 3 nitrogen and oxygen atoms in total. The summed E-state index contributed by atoms with van der Waals surface area (Å²) < 4.78 is 5.97. The van der Waals surface area contributed by atoms with E-state index in [4.69, 9.17) is 4.74 Å². The van der Waals surface area contributed by atoms with Gasteiger partial charge in [0.1, 0.15) is 6.10 Å². The molecule has 0 aliphatic heterocycles. The molecule has 1 fully saturated rings. The van der Waals surface area contributed by atoms with Gasteiger partial charge in [-0.2, -0.15) is 0 Å². The molecule has 3 heteroatoms. The minimum absolute atomic E-state index is 0.402. The van der Waals surface area contributed by atoms with Gasteiger partial charge in [0.2, 0.25) is 0 Å². The number of rotatable bonds is 4. The van der Waals surface area contributed by atoms with Gasteiger partial charge in [0.15, 0.2) is 0 Å². The Morgan fingerprint density at radius 2 is 2.00 bits per heavy atom. The fourth-order valence-corrected chi connectivity index (χ4v) is 3.48. The molecule has 1 saturated carbocycles. The summed E-state index contributed by atoms with van der Waals surface area (Å²) in [6, 6.07) is 10.1. The number of ether oxygens (including phenoxy) is 1. The lowest BCUT2D eigenvalue weighted by molar-refractivity contribution is -0.118. The molecular weight excluding hydrogens is 262 g/mol. The first kappa shape index (κ1) is 14.5. The van der Waals surface area contributed by atoms with Crippen LogP contribution in [0, 0.1) is 6.92 Å². The van der Waals surface area contributed by atoms with Gasteiger partial charge < -0.3 is 9.84 Å². The van der Waals surface area contributed by atoms with Gasteiger partial charge in [-0.25, -0.2) is 0 Å². The number of benzene rings is 1. The van der Waals surface area contributed by atoms with Crippen LogP contribution in [0.2, 0.25) is 0 Å². The number of pyridine rings is 1. The third kappa shape index (κ3) is 2.68. The van der Waals surface area contributed by atoms with Crippen molar-refractivity contribution in [1.29, 1.82) is 0 Å². The Labute approximate surface area is 126 Å². The molecular formula is C18H23NO2. The zero-order valence-electron chi connectivity index (χ0n) is 12.8. The summed E-state index contributed by atoms with van der Waals surface area (Å²) >= 11 is 0. The summed E-state index contributed by atoms with van der Waals surface area (Å²) in [6.45, 7) is 4.63. The van der Waals surface area contributed by atoms with E-state index < -0.39 is 11.7 Å². The number of hydrogen-bond donors (Lipinski definition) is 1. The van der Waals surface area contributed by atoms with Gasteiger partial charge in [0.05, 0.1) is 11.1 Å². The van der Waals surface area contributed by atoms with Crippen LogP contribution in [-0.4, -0.2) is 22.3 Å². The van der Waals surface area contributed by atoms with Crippen LogP contribution in [0.25, 0.3) is 10.9 Å². The maximum atomic E-state index is 10.9. The highest BCUT2D eigenvalue weighted by atomic mass is 16.5. The third-order valence-corrected chi connectivity index (χ3v) is 4.55. The molecule has 21 heavy (non-hydrogen) atoms. The van der Waals surface area contributed by atoms with Gasteiger partial charge in [-0.15, -0.1) is 0 Å². The van der Waals surface area contributed by atoms with Crippen LogP contribution >= 0.6 is 0 Å². The van der Waals surface area contributed by atoms with E-state index in [0.29, 0.717) is 6.61 Å². The SMILES string of the molecule is CCOC1(C(O)c2ccc3nc(C)ccc3c2)CCCC1. The second kappa shape index (κ2) is 5.74. The summed E-state index contributed by atoms with van der Waals surface area (Å²) in [5, 5.41) is 11.9. The second-order valence-electron chi connectivity index (χ2n) is 6.01. The Bertz CT molecular complexity index is 632. The normalized spacial score (nSPS) is 19.0. The van der Waals surface area contributed by atoms with Gasteiger partial charge in [0.25, 0.3) is 0 Å². The summed E-state index contributed by atoms with van der Waals surface area (Å²) in [6.07, 6.45) is 3.57. The van der Waals surface area contributed by atoms with Crippen LogP contribution in [-0.2, 0) is 4.74 Å². The molecule has 1 aliphatic rings. The number of aryl methyl sites for hydroxylation is 1. The first-order chi connectivity index (χ1) is 10.1. The summed E-state index contributed by atoms with van der Waals surface area (Å²) in [5.74, 6) is 0. The molecule has 1 aliphatic carbocycles. The van der Waals surface area contributed by atoms with Crippen molar-refractivity contribution in [3.05, 3.63) is 41.6 Å². The van der Waals surface area contributed by atoms with E-state index in [1.165, 1.54) is 0 Å². The average molecular weight is 285 g/mol. The average Bonchev–Trinajstić information content (AvgIpc) is 2.96. The first-order valence-corrected chi connectivity index (χ1v) is 7.84. The molecule has 2 aromatic rings. The van der Waals surface area contributed by atoms with Gasteiger partial charge in [-0.3, -0.25) is 4.98 Å². The van der Waals surface area contributed by atoms with Crippen LogP contribution in [0.3, 0.4) is 0 Å². The first-order valence-electron chi connectivity index (χ1n) is 7.84. The largest absolute Gasteiger partial charge is 0.385 e. The summed E-state index contributed by atoms with van der Waals surface area (Å²) in [7, 11) is 0. The fourth-order valence-electron chi connectivity index (χ4n) is 3.48. The highest BCUT2D eigenvalue weighted by molar-refractivity contribution is 5.79. The molecule has 0 spiro atoms. The van der Waals surface area contributed by atoms with E-state index in [9.17, 15) is 5.11 Å². The van der Waals surface area contributed by atoms with Crippen molar-refractivity contribution < 1.29 is 9.84 Å². The molecule has 0 saturated heterocycles. The number of hydrogen-bond acceptors (Lipinski definition) is 3. The third-order valence-electron chi connectivity index (χ3n) is 4.55. The van der Waals surface area contributed by atoms with Crippen molar-refractivity contribution in [3.63, 3.8) is 0 Å². The number of aliphatic hydroxyl groups is 1. The van der Waals surface area contributed by atoms with Crippen LogP contribution in [0.15, 0.2) is 30.3 Å². The highest BCUT2D eigenvalue weighted by Gasteiger charge is 2.42. The molecule has 0 radical (unpaired) electrons. The van der Waals surface area contributed by atoms with E-state index in [1.807, 2.05) is 38.1 Å². The smallest absolute Gasteiger partial charge is 0.108 e. The minimum Gasteiger partial charge on any atom is -0.385 e. The van der Waals surface area contributed by atoms with Crippen molar-refractivity contribution in [2.45, 2.75) is 51.2 Å². The minimum atomic E-state index is -0.564. The lowest BCUT2D eigenvalue weighted by Crippen LogP contribution is -2.36. The Morgan fingerprint density at radius 3 is 2.71 bits per heavy atom. The van der Waals surface area contributed by atoms with Crippen LogP contribution in [0.5, 0.6) is 0 Å². The molecule has 1 heterocycles. The van der Waals surface area contributed by atoms with Crippen molar-refractivity contribution in [2.75, 3.05) is 6.61 Å². The standard InChI is InChI=1S/C18H23NO2/c1-3-21-18(10-4-5-11-18)17(20)15-8-9-16-14(12-15)7-6-13(2)19-16/h6-9,12,17,20H,3-5,10-11H2,1-2H3. The zero-order chi connectivity index (χ0) is 14.9. The number of fused-ring (bicyclic) bond motifs is 1. The lowest BCUT2D eigenvalue weighted by Gasteiger charge is -2.34. The van der Waals surface area contributed by atoms with Gasteiger partial charge in [0, 0.05) is 17.7 Å². The molecule has 1 N–H and O–H groups in total. The molecule has 1 unspecified atom stereocenters. The predicted molar refractivity (Wildman–Crippen MR) is 84.3 cm³/mol. The topological polar surface area (TPSA) is 42.4 Å². The van der Waals surface area contributed by atoms with Crippen molar-refractivity contribution >= 4 is 10.9 Å². The number of aliphatic hydroxyl groups excluding tert-OH is 1. The monoisotopic (exact) mass is 285 g/mol. The van der Waals surface area contributed by atoms with Crippen molar-refractivity contribution in [1.82, 2.24) is 4.98 Å². The van der Waals surface area contributed by atoms with E-state index in [1.54, 1.807) is 0 Å². The lowest BCUT2D eigenvalue weighted by atomic mass is 9.88. The highest BCUT2D eigenvalue weighted by Crippen LogP contribution is 2.43. The van der Waals surface area contributed by atoms with Gasteiger partial charge >= 0.3 is 0 Å². The fraction of sp³-hybridized carbons (Fsp3) is 0.500. The Morgan fingerprint density at radius 1 is 1.24 bits per heavy atom. The maximum Gasteiger partial charge on any atom is 0.108 e. The quantitative estimate of drug-likeness (QED) is 0.925. The molecule has 1 aromatic carbocycles. The Hall–Kier alpha value is -1.45. The molecule has 112 valence electrons. The van der Waals surface area contributed by atoms with E-state index in [0.717, 1.165) is 47.8 Å². The van der Waals surface area contributed by atoms with Crippen molar-refractivity contribution in [3.8, 4) is 0 Å². The molecule has 0 amide bonds. The van der Waals surface area contributed by atoms with Crippen LogP contribution < -0.4 is 0 Å². The van der Waals surface area contributed by atoms with E-state index in [2.05, 4.69) is 11.1 Å². The zero-order valence-corrected chi connectivity index (χ0v) is 12.8. The van der Waals surface area contributed by atoms with Crippen molar-refractivity contribution in [2.24, 2.45) is 0 Å². The maximum absolute atomic E-state index is 10.9. The summed E-state index contributed by atoms with van der Waals surface area (Å²) in [4.78, 5) is 4.51. The predicted octanol–water partition coefficient (Wildman–Crippen LogP) is 3.93. The van der Waals surface area contributed by atoms with Gasteiger partial charge in [-0.1, -0.05) is 25.0 Å². The number of nitrogens with zero attached hydrogens (tertiary/aromatic N) is 1. The molecule has 1 atom stereocenters. The summed E-state index contributed by atoms with van der Waals surface area (Å²) in [5.41, 5.74) is 2.52. The van der Waals surface area contributed by atoms with Crippen LogP contribution in [0.1, 0.15) is 50.0 Å². The van der Waals surface area contributed by atoms with Crippen LogP contribution in [0.4, 0.5) is 0 Å². The van der Waals surface area contributed by atoms with E-state index >= 15 is 0 Å². The Balaban J connectivity index is 1.96.